The third-order valence-corrected chi connectivity index (χ3v) is 5.50. The third-order valence-electron chi connectivity index (χ3n) is 5.50. The molecule has 1 atom stereocenters. The molecule has 4 rings (SSSR count). The van der Waals surface area contributed by atoms with Crippen molar-refractivity contribution in [1.82, 2.24) is 19.7 Å². The predicted molar refractivity (Wildman–Crippen MR) is 97.3 cm³/mol. The minimum Gasteiger partial charge on any atom is -0.380 e. The van der Waals surface area contributed by atoms with Gasteiger partial charge in [-0.1, -0.05) is 49.6 Å². The fourth-order valence-electron chi connectivity index (χ4n) is 4.04. The van der Waals surface area contributed by atoms with Crippen molar-refractivity contribution in [2.45, 2.75) is 63.6 Å². The van der Waals surface area contributed by atoms with Gasteiger partial charge in [0.15, 0.2) is 5.82 Å². The zero-order chi connectivity index (χ0) is 17.9. The molecule has 2 aliphatic rings. The fraction of sp³-hybridized carbons (Fsp3) is 0.550. The minimum absolute atomic E-state index is 0.188. The van der Waals surface area contributed by atoms with Crippen LogP contribution in [0.15, 0.2) is 30.3 Å². The first-order chi connectivity index (χ1) is 12.7. The molecule has 6 nitrogen and oxygen atoms in total. The Labute approximate surface area is 153 Å². The van der Waals surface area contributed by atoms with E-state index in [1.807, 2.05) is 39.9 Å². The lowest BCUT2D eigenvalue weighted by Crippen LogP contribution is -2.27. The van der Waals surface area contributed by atoms with Crippen LogP contribution in [0.25, 0.3) is 0 Å². The highest BCUT2D eigenvalue weighted by Crippen LogP contribution is 2.30. The number of aromatic nitrogens is 3. The second-order valence-corrected chi connectivity index (χ2v) is 7.35. The van der Waals surface area contributed by atoms with Gasteiger partial charge in [0.1, 0.15) is 11.9 Å². The Bertz CT molecular complexity index is 752. The van der Waals surface area contributed by atoms with Gasteiger partial charge in [-0.05, 0) is 24.8 Å². The van der Waals surface area contributed by atoms with Crippen LogP contribution in [0, 0.1) is 0 Å². The molecule has 1 aromatic heterocycles. The topological polar surface area (TPSA) is 71.2 Å². The smallest absolute Gasteiger partial charge is 0.223 e. The van der Waals surface area contributed by atoms with Crippen molar-refractivity contribution in [2.24, 2.45) is 0 Å². The van der Waals surface area contributed by atoms with Gasteiger partial charge in [-0.25, -0.2) is 9.67 Å². The van der Waals surface area contributed by atoms with E-state index >= 15 is 0 Å². The summed E-state index contributed by atoms with van der Waals surface area (Å²) in [5, 5.41) is 15.4. The molecular weight excluding hydrogens is 328 g/mol. The van der Waals surface area contributed by atoms with E-state index in [9.17, 15) is 9.90 Å². The van der Waals surface area contributed by atoms with Crippen molar-refractivity contribution >= 4 is 5.91 Å². The van der Waals surface area contributed by atoms with Crippen LogP contribution in [-0.4, -0.2) is 37.2 Å². The zero-order valence-corrected chi connectivity index (χ0v) is 15.0. The van der Waals surface area contributed by atoms with E-state index in [0.29, 0.717) is 24.8 Å². The van der Waals surface area contributed by atoms with Gasteiger partial charge in [0, 0.05) is 13.0 Å². The molecule has 26 heavy (non-hydrogen) atoms. The van der Waals surface area contributed by atoms with Crippen LogP contribution < -0.4 is 0 Å². The van der Waals surface area contributed by atoms with E-state index in [1.165, 1.54) is 19.3 Å². The molecule has 0 radical (unpaired) electrons. The highest BCUT2D eigenvalue weighted by Gasteiger charge is 2.27. The Hall–Kier alpha value is -2.21. The molecule has 1 unspecified atom stereocenters. The SMILES string of the molecule is O=C1CCCN1Cc1nc(C(O)c2ccccc2)nn1C1CCCCC1. The van der Waals surface area contributed by atoms with Crippen molar-refractivity contribution in [3.05, 3.63) is 47.5 Å². The predicted octanol–water partition coefficient (Wildman–Crippen LogP) is 2.99. The van der Waals surface area contributed by atoms with E-state index in [0.717, 1.165) is 37.2 Å². The number of benzene rings is 1. The largest absolute Gasteiger partial charge is 0.380 e. The van der Waals surface area contributed by atoms with Gasteiger partial charge in [0.05, 0.1) is 12.6 Å². The van der Waals surface area contributed by atoms with Crippen molar-refractivity contribution < 1.29 is 9.90 Å². The zero-order valence-electron chi connectivity index (χ0n) is 15.0. The highest BCUT2D eigenvalue weighted by molar-refractivity contribution is 5.77. The number of carbonyl (C=O) groups excluding carboxylic acids is 1. The lowest BCUT2D eigenvalue weighted by atomic mass is 9.95. The first kappa shape index (κ1) is 17.2. The molecule has 1 N–H and O–H groups in total. The van der Waals surface area contributed by atoms with Crippen LogP contribution in [0.3, 0.4) is 0 Å². The van der Waals surface area contributed by atoms with E-state index in [4.69, 9.17) is 5.10 Å². The molecule has 1 saturated carbocycles. The Morgan fingerprint density at radius 1 is 1.12 bits per heavy atom. The van der Waals surface area contributed by atoms with Gasteiger partial charge < -0.3 is 10.0 Å². The van der Waals surface area contributed by atoms with Gasteiger partial charge in [-0.15, -0.1) is 0 Å². The summed E-state index contributed by atoms with van der Waals surface area (Å²) in [7, 11) is 0. The maximum absolute atomic E-state index is 12.0. The van der Waals surface area contributed by atoms with Crippen molar-refractivity contribution in [3.8, 4) is 0 Å². The molecule has 138 valence electrons. The van der Waals surface area contributed by atoms with Crippen molar-refractivity contribution in [2.75, 3.05) is 6.54 Å². The molecule has 2 aromatic rings. The summed E-state index contributed by atoms with van der Waals surface area (Å²) in [5.41, 5.74) is 0.789. The Balaban J connectivity index is 1.63. The molecule has 0 bridgehead atoms. The number of aliphatic hydroxyl groups is 1. The van der Waals surface area contributed by atoms with Gasteiger partial charge in [-0.2, -0.15) is 5.10 Å². The lowest BCUT2D eigenvalue weighted by molar-refractivity contribution is -0.128. The van der Waals surface area contributed by atoms with Gasteiger partial charge >= 0.3 is 0 Å². The van der Waals surface area contributed by atoms with Crippen LogP contribution in [0.1, 0.15) is 74.3 Å². The average Bonchev–Trinajstić information content (AvgIpc) is 3.29. The summed E-state index contributed by atoms with van der Waals surface area (Å²) >= 11 is 0. The van der Waals surface area contributed by atoms with Gasteiger partial charge in [0.25, 0.3) is 0 Å². The van der Waals surface area contributed by atoms with Gasteiger partial charge in [0.2, 0.25) is 5.91 Å². The van der Waals surface area contributed by atoms with Crippen molar-refractivity contribution in [1.29, 1.82) is 0 Å². The number of rotatable bonds is 5. The minimum atomic E-state index is -0.839. The summed E-state index contributed by atoms with van der Waals surface area (Å²) in [4.78, 5) is 18.6. The number of hydrogen-bond acceptors (Lipinski definition) is 4. The number of hydrogen-bond donors (Lipinski definition) is 1. The van der Waals surface area contributed by atoms with E-state index in [2.05, 4.69) is 4.98 Å². The highest BCUT2D eigenvalue weighted by atomic mass is 16.3. The van der Waals surface area contributed by atoms with E-state index in [1.54, 1.807) is 0 Å². The van der Waals surface area contributed by atoms with E-state index in [-0.39, 0.29) is 5.91 Å². The first-order valence-electron chi connectivity index (χ1n) is 9.68. The molecule has 2 heterocycles. The van der Waals surface area contributed by atoms with Crippen LogP contribution in [0.2, 0.25) is 0 Å². The number of amides is 1. The lowest BCUT2D eigenvalue weighted by Gasteiger charge is -2.24. The average molecular weight is 354 g/mol. The van der Waals surface area contributed by atoms with Crippen LogP contribution in [0.4, 0.5) is 0 Å². The summed E-state index contributed by atoms with van der Waals surface area (Å²) in [5.74, 6) is 1.42. The van der Waals surface area contributed by atoms with Crippen molar-refractivity contribution in [3.63, 3.8) is 0 Å². The molecule has 2 fully saturated rings. The normalized spacial score (nSPS) is 19.9. The summed E-state index contributed by atoms with van der Waals surface area (Å²) in [6, 6.07) is 9.82. The fourth-order valence-corrected chi connectivity index (χ4v) is 4.04. The molecule has 1 amide bonds. The molecule has 6 heteroatoms. The van der Waals surface area contributed by atoms with Gasteiger partial charge in [-0.3, -0.25) is 4.79 Å². The molecular formula is C20H26N4O2. The van der Waals surface area contributed by atoms with Crippen LogP contribution in [-0.2, 0) is 11.3 Å². The standard InChI is InChI=1S/C20H26N4O2/c25-18-12-7-13-23(18)14-17-21-20(19(26)15-8-3-1-4-9-15)22-24(17)16-10-5-2-6-11-16/h1,3-4,8-9,16,19,26H,2,5-7,10-14H2. The van der Waals surface area contributed by atoms with Crippen LogP contribution >= 0.6 is 0 Å². The van der Waals surface area contributed by atoms with E-state index < -0.39 is 6.10 Å². The monoisotopic (exact) mass is 354 g/mol. The Kier molecular flexibility index (Phi) is 5.02. The maximum Gasteiger partial charge on any atom is 0.223 e. The molecule has 1 aliphatic heterocycles. The first-order valence-corrected chi connectivity index (χ1v) is 9.68. The number of nitrogens with zero attached hydrogens (tertiary/aromatic N) is 4. The Morgan fingerprint density at radius 3 is 2.58 bits per heavy atom. The second kappa shape index (κ2) is 7.58. The summed E-state index contributed by atoms with van der Waals surface area (Å²) in [6.45, 7) is 1.27. The Morgan fingerprint density at radius 2 is 1.88 bits per heavy atom. The number of likely N-dealkylation sites (tertiary alicyclic amines) is 1. The molecule has 1 saturated heterocycles. The quantitative estimate of drug-likeness (QED) is 0.896. The molecule has 0 spiro atoms. The third kappa shape index (κ3) is 3.51. The number of aliphatic hydroxyl groups excluding tert-OH is 1. The molecule has 1 aliphatic carbocycles. The maximum atomic E-state index is 12.0. The summed E-state index contributed by atoms with van der Waals surface area (Å²) in [6.07, 6.45) is 6.54. The van der Waals surface area contributed by atoms with Crippen LogP contribution in [0.5, 0.6) is 0 Å². The molecule has 1 aromatic carbocycles. The second-order valence-electron chi connectivity index (χ2n) is 7.35. The summed E-state index contributed by atoms with van der Waals surface area (Å²) < 4.78 is 1.99. The number of carbonyl (C=O) groups is 1.